The SMILES string of the molecule is Cc1ccc(S(=O)(=O)N2CCOC(=O)N(Cc3ccccc3)CCN(S(=O)(=O)c3ccc(C)cc3)CCN(S(=O)(=O)c3ccc(C)cc3)CC2)cc1. The Bertz CT molecular complexity index is 2150. The average Bonchev–Trinajstić information content (AvgIpc) is 3.11. The molecular weight excluding hydrogens is 725 g/mol. The molecule has 1 aliphatic rings. The second-order valence-corrected chi connectivity index (χ2v) is 18.5. The number of sulfonamides is 3. The Balaban J connectivity index is 1.56. The summed E-state index contributed by atoms with van der Waals surface area (Å²) in [4.78, 5) is 14.9. The van der Waals surface area contributed by atoms with Crippen LogP contribution in [0.25, 0.3) is 0 Å². The number of benzene rings is 4. The van der Waals surface area contributed by atoms with Gasteiger partial charge in [-0.15, -0.1) is 0 Å². The van der Waals surface area contributed by atoms with Gasteiger partial charge in [0.25, 0.3) is 0 Å². The molecule has 1 heterocycles. The van der Waals surface area contributed by atoms with E-state index in [-0.39, 0.29) is 73.7 Å². The molecule has 1 aliphatic heterocycles. The minimum absolute atomic E-state index is 0.000412. The van der Waals surface area contributed by atoms with Crippen LogP contribution in [-0.4, -0.2) is 102 Å². The van der Waals surface area contributed by atoms with E-state index in [0.717, 1.165) is 35.2 Å². The molecule has 52 heavy (non-hydrogen) atoms. The fourth-order valence-corrected chi connectivity index (χ4v) is 9.94. The summed E-state index contributed by atoms with van der Waals surface area (Å²) in [7, 11) is -12.6. The summed E-state index contributed by atoms with van der Waals surface area (Å²) in [5, 5.41) is 0. The molecule has 0 spiro atoms. The standard InChI is InChI=1S/C37H44N4O8S3/c1-30-9-15-34(16-10-30)50(43,44)39-22-21-38(29-33-7-5-4-6-8-33)37(42)49-28-27-41(52(47,48)36-19-13-32(3)14-20-36)26-25-40(24-23-39)51(45,46)35-17-11-31(2)12-18-35/h4-20H,21-29H2,1-3H3. The molecule has 15 heteroatoms. The van der Waals surface area contributed by atoms with E-state index in [1.54, 1.807) is 36.4 Å². The zero-order chi connectivity index (χ0) is 37.5. The maximum absolute atomic E-state index is 14.2. The van der Waals surface area contributed by atoms with Gasteiger partial charge in [-0.05, 0) is 62.7 Å². The quantitative estimate of drug-likeness (QED) is 0.253. The third-order valence-corrected chi connectivity index (χ3v) is 14.6. The molecular formula is C37H44N4O8S3. The predicted octanol–water partition coefficient (Wildman–Crippen LogP) is 4.64. The summed E-state index contributed by atoms with van der Waals surface area (Å²) in [5.74, 6) is 0. The number of hydrogen-bond acceptors (Lipinski definition) is 8. The lowest BCUT2D eigenvalue weighted by Crippen LogP contribution is -2.48. The van der Waals surface area contributed by atoms with Crippen molar-refractivity contribution < 1.29 is 34.8 Å². The number of rotatable bonds is 8. The van der Waals surface area contributed by atoms with Crippen LogP contribution in [0.5, 0.6) is 0 Å². The first-order valence-corrected chi connectivity index (χ1v) is 21.2. The van der Waals surface area contributed by atoms with E-state index in [9.17, 15) is 30.0 Å². The minimum Gasteiger partial charge on any atom is -0.448 e. The summed E-state index contributed by atoms with van der Waals surface area (Å²) in [5.41, 5.74) is 3.33. The number of carbonyl (C=O) groups excluding carboxylic acids is 1. The highest BCUT2D eigenvalue weighted by molar-refractivity contribution is 7.89. The fraction of sp³-hybridized carbons (Fsp3) is 0.324. The predicted molar refractivity (Wildman–Crippen MR) is 198 cm³/mol. The molecule has 4 aromatic rings. The van der Waals surface area contributed by atoms with Gasteiger partial charge in [0.2, 0.25) is 30.1 Å². The van der Waals surface area contributed by atoms with Gasteiger partial charge in [0.1, 0.15) is 6.61 Å². The number of aryl methyl sites for hydroxylation is 3. The molecule has 0 atom stereocenters. The Morgan fingerprint density at radius 3 is 1.21 bits per heavy atom. The highest BCUT2D eigenvalue weighted by Gasteiger charge is 2.33. The largest absolute Gasteiger partial charge is 0.448 e. The van der Waals surface area contributed by atoms with Crippen molar-refractivity contribution in [2.24, 2.45) is 0 Å². The Kier molecular flexibility index (Phi) is 12.6. The molecule has 0 saturated carbocycles. The second kappa shape index (κ2) is 16.7. The highest BCUT2D eigenvalue weighted by atomic mass is 32.2. The third kappa shape index (κ3) is 9.45. The lowest BCUT2D eigenvalue weighted by Gasteiger charge is -2.31. The zero-order valence-corrected chi connectivity index (χ0v) is 31.9. The second-order valence-electron chi connectivity index (χ2n) is 12.7. The van der Waals surface area contributed by atoms with Crippen molar-refractivity contribution in [1.29, 1.82) is 0 Å². The van der Waals surface area contributed by atoms with E-state index in [2.05, 4.69) is 0 Å². The van der Waals surface area contributed by atoms with Gasteiger partial charge in [-0.1, -0.05) is 83.4 Å². The fourth-order valence-electron chi connectivity index (χ4n) is 5.68. The summed E-state index contributed by atoms with van der Waals surface area (Å²) in [6, 6.07) is 28.0. The normalized spacial score (nSPS) is 17.0. The van der Waals surface area contributed by atoms with E-state index in [0.29, 0.717) is 0 Å². The number of hydrogen-bond donors (Lipinski definition) is 0. The van der Waals surface area contributed by atoms with Crippen LogP contribution >= 0.6 is 0 Å². The minimum atomic E-state index is -4.23. The van der Waals surface area contributed by atoms with Gasteiger partial charge in [-0.2, -0.15) is 12.9 Å². The van der Waals surface area contributed by atoms with Crippen LogP contribution in [-0.2, 0) is 41.4 Å². The molecule has 0 unspecified atom stereocenters. The van der Waals surface area contributed by atoms with E-state index in [1.807, 2.05) is 51.1 Å². The summed E-state index contributed by atoms with van der Waals surface area (Å²) >= 11 is 0. The molecule has 1 saturated heterocycles. The third-order valence-electron chi connectivity index (χ3n) is 8.83. The van der Waals surface area contributed by atoms with Crippen molar-refractivity contribution in [3.05, 3.63) is 125 Å². The Morgan fingerprint density at radius 1 is 0.481 bits per heavy atom. The lowest BCUT2D eigenvalue weighted by molar-refractivity contribution is 0.0924. The Morgan fingerprint density at radius 2 is 0.827 bits per heavy atom. The van der Waals surface area contributed by atoms with Crippen LogP contribution in [0.1, 0.15) is 22.3 Å². The van der Waals surface area contributed by atoms with Crippen molar-refractivity contribution in [3.8, 4) is 0 Å². The highest BCUT2D eigenvalue weighted by Crippen LogP contribution is 2.22. The van der Waals surface area contributed by atoms with Gasteiger partial charge in [-0.25, -0.2) is 30.0 Å². The first kappa shape index (κ1) is 39.1. The topological polar surface area (TPSA) is 142 Å². The Labute approximate surface area is 307 Å². The van der Waals surface area contributed by atoms with Gasteiger partial charge in [0.05, 0.1) is 14.7 Å². The van der Waals surface area contributed by atoms with Crippen molar-refractivity contribution >= 4 is 36.2 Å². The van der Waals surface area contributed by atoms with Crippen LogP contribution in [0.2, 0.25) is 0 Å². The molecule has 4 aromatic carbocycles. The first-order chi connectivity index (χ1) is 24.7. The van der Waals surface area contributed by atoms with Gasteiger partial charge < -0.3 is 9.64 Å². The van der Waals surface area contributed by atoms with Gasteiger partial charge in [0.15, 0.2) is 0 Å². The van der Waals surface area contributed by atoms with Gasteiger partial charge in [0, 0.05) is 52.4 Å². The number of cyclic esters (lactones) is 1. The van der Waals surface area contributed by atoms with E-state index in [1.165, 1.54) is 41.3 Å². The van der Waals surface area contributed by atoms with Crippen molar-refractivity contribution in [3.63, 3.8) is 0 Å². The van der Waals surface area contributed by atoms with Crippen molar-refractivity contribution in [2.45, 2.75) is 42.0 Å². The summed E-state index contributed by atoms with van der Waals surface area (Å²) < 4.78 is 93.6. The smallest absolute Gasteiger partial charge is 0.410 e. The maximum Gasteiger partial charge on any atom is 0.410 e. The van der Waals surface area contributed by atoms with Crippen LogP contribution in [0.4, 0.5) is 4.79 Å². The van der Waals surface area contributed by atoms with Gasteiger partial charge in [-0.3, -0.25) is 0 Å². The van der Waals surface area contributed by atoms with E-state index >= 15 is 0 Å². The first-order valence-electron chi connectivity index (χ1n) is 16.8. The Hall–Kier alpha value is -4.12. The zero-order valence-electron chi connectivity index (χ0n) is 29.5. The number of amides is 1. The number of ether oxygens (including phenoxy) is 1. The molecule has 0 aliphatic carbocycles. The summed E-state index contributed by atoms with van der Waals surface area (Å²) in [6.07, 6.45) is -0.746. The van der Waals surface area contributed by atoms with E-state index < -0.39 is 36.2 Å². The maximum atomic E-state index is 14.2. The van der Waals surface area contributed by atoms with Crippen LogP contribution < -0.4 is 0 Å². The summed E-state index contributed by atoms with van der Waals surface area (Å²) in [6.45, 7) is 3.61. The van der Waals surface area contributed by atoms with E-state index in [4.69, 9.17) is 4.74 Å². The van der Waals surface area contributed by atoms with Crippen LogP contribution in [0, 0.1) is 20.8 Å². The average molecular weight is 769 g/mol. The van der Waals surface area contributed by atoms with Crippen molar-refractivity contribution in [1.82, 2.24) is 17.8 Å². The molecule has 0 aromatic heterocycles. The van der Waals surface area contributed by atoms with Crippen LogP contribution in [0.3, 0.4) is 0 Å². The van der Waals surface area contributed by atoms with Gasteiger partial charge >= 0.3 is 6.09 Å². The monoisotopic (exact) mass is 768 g/mol. The molecule has 0 radical (unpaired) electrons. The van der Waals surface area contributed by atoms with Crippen molar-refractivity contribution in [2.75, 3.05) is 52.4 Å². The molecule has 0 N–H and O–H groups in total. The molecule has 5 rings (SSSR count). The molecule has 12 nitrogen and oxygen atoms in total. The molecule has 0 bridgehead atoms. The van der Waals surface area contributed by atoms with Crippen LogP contribution in [0.15, 0.2) is 118 Å². The lowest BCUT2D eigenvalue weighted by atomic mass is 10.2. The molecule has 1 amide bonds. The molecule has 1 fully saturated rings. The molecule has 278 valence electrons. The number of nitrogens with zero attached hydrogens (tertiary/aromatic N) is 4. The number of carbonyl (C=O) groups is 1.